The first-order chi connectivity index (χ1) is 17.4. The van der Waals surface area contributed by atoms with Gasteiger partial charge in [-0.25, -0.2) is 0 Å². The first-order valence-electron chi connectivity index (χ1n) is 14.8. The lowest BCUT2D eigenvalue weighted by Crippen LogP contribution is -2.19. The van der Waals surface area contributed by atoms with E-state index >= 15 is 0 Å². The number of carbonyl (C=O) groups is 1. The topological polar surface area (TPSA) is 54.0 Å². The average molecular weight is 515 g/mol. The van der Waals surface area contributed by atoms with Crippen LogP contribution in [0.3, 0.4) is 0 Å². The highest BCUT2D eigenvalue weighted by Gasteiger charge is 2.11. The third-order valence-electron chi connectivity index (χ3n) is 5.23. The van der Waals surface area contributed by atoms with Gasteiger partial charge in [0.05, 0.1) is 30.8 Å². The first kappa shape index (κ1) is 39.0. The summed E-state index contributed by atoms with van der Waals surface area (Å²) in [4.78, 5) is 11.9. The molecule has 0 heterocycles. The maximum atomic E-state index is 11.9. The van der Waals surface area contributed by atoms with Gasteiger partial charge in [0, 0.05) is 25.9 Å². The zero-order valence-corrected chi connectivity index (χ0v) is 25.4. The molecule has 0 amide bonds. The summed E-state index contributed by atoms with van der Waals surface area (Å²) in [5, 5.41) is 0. The third-order valence-corrected chi connectivity index (χ3v) is 5.23. The highest BCUT2D eigenvalue weighted by atomic mass is 16.5. The van der Waals surface area contributed by atoms with E-state index in [1.807, 2.05) is 13.8 Å². The van der Waals surface area contributed by atoms with E-state index in [4.69, 9.17) is 18.9 Å². The number of carbonyl (C=O) groups excluding carboxylic acids is 1. The number of unbranched alkanes of at least 4 members (excludes halogenated alkanes) is 1. The Morgan fingerprint density at radius 2 is 1.31 bits per heavy atom. The van der Waals surface area contributed by atoms with Gasteiger partial charge in [0.2, 0.25) is 0 Å². The Balaban J connectivity index is -0.00000201. The molecule has 5 heteroatoms. The van der Waals surface area contributed by atoms with Crippen LogP contribution in [0.15, 0.2) is 24.7 Å². The van der Waals surface area contributed by atoms with Crippen LogP contribution in [-0.2, 0) is 23.7 Å². The monoisotopic (exact) mass is 514 g/mol. The number of hydrogen-bond donors (Lipinski definition) is 0. The van der Waals surface area contributed by atoms with Crippen molar-refractivity contribution in [1.29, 1.82) is 0 Å². The van der Waals surface area contributed by atoms with Gasteiger partial charge in [-0.1, -0.05) is 87.8 Å². The van der Waals surface area contributed by atoms with E-state index in [1.54, 1.807) is 0 Å². The van der Waals surface area contributed by atoms with Crippen molar-refractivity contribution in [2.24, 2.45) is 5.92 Å². The molecule has 5 nitrogen and oxygen atoms in total. The van der Waals surface area contributed by atoms with Crippen LogP contribution in [0.4, 0.5) is 0 Å². The molecule has 2 unspecified atom stereocenters. The second-order valence-electron chi connectivity index (χ2n) is 8.90. The quantitative estimate of drug-likeness (QED) is 0.0818. The summed E-state index contributed by atoms with van der Waals surface area (Å²) in [6.07, 6.45) is 11.1. The summed E-state index contributed by atoms with van der Waals surface area (Å²) in [5.41, 5.74) is 0. The average Bonchev–Trinajstić information content (AvgIpc) is 2.88. The Hall–Kier alpha value is -1.49. The minimum atomic E-state index is -0.0935. The molecule has 0 saturated heterocycles. The zero-order valence-electron chi connectivity index (χ0n) is 25.4. The van der Waals surface area contributed by atoms with Gasteiger partial charge in [0.25, 0.3) is 0 Å². The fourth-order valence-electron chi connectivity index (χ4n) is 3.09. The molecule has 0 bridgehead atoms. The smallest absolute Gasteiger partial charge is 0.305 e. The number of hydrogen-bond acceptors (Lipinski definition) is 5. The molecule has 0 radical (unpaired) electrons. The molecule has 0 aromatic carbocycles. The van der Waals surface area contributed by atoms with Gasteiger partial charge in [-0.05, 0) is 44.4 Å². The van der Waals surface area contributed by atoms with E-state index in [0.29, 0.717) is 32.2 Å². The van der Waals surface area contributed by atoms with E-state index in [9.17, 15) is 4.79 Å². The Morgan fingerprint density at radius 1 is 0.694 bits per heavy atom. The molecule has 0 saturated carbocycles. The fraction of sp³-hybridized carbons (Fsp3) is 0.839. The fourth-order valence-corrected chi connectivity index (χ4v) is 3.09. The summed E-state index contributed by atoms with van der Waals surface area (Å²) >= 11 is 0. The van der Waals surface area contributed by atoms with Crippen LogP contribution in [0, 0.1) is 5.92 Å². The molecule has 0 aromatic heterocycles. The molecule has 0 aromatic rings. The van der Waals surface area contributed by atoms with Crippen molar-refractivity contribution in [3.63, 3.8) is 0 Å². The Labute approximate surface area is 225 Å². The summed E-state index contributed by atoms with van der Waals surface area (Å²) in [6.45, 7) is 27.1. The third kappa shape index (κ3) is 28.7. The van der Waals surface area contributed by atoms with Gasteiger partial charge in [-0.2, -0.15) is 0 Å². The van der Waals surface area contributed by atoms with Gasteiger partial charge in [0.1, 0.15) is 6.61 Å². The molecule has 36 heavy (non-hydrogen) atoms. The van der Waals surface area contributed by atoms with Gasteiger partial charge in [0.15, 0.2) is 0 Å². The van der Waals surface area contributed by atoms with E-state index < -0.39 is 0 Å². The van der Waals surface area contributed by atoms with E-state index in [1.165, 1.54) is 6.42 Å². The predicted octanol–water partition coefficient (Wildman–Crippen LogP) is 9.40. The highest BCUT2D eigenvalue weighted by Crippen LogP contribution is 2.14. The summed E-state index contributed by atoms with van der Waals surface area (Å²) in [6, 6.07) is 0. The maximum absolute atomic E-state index is 11.9. The first-order valence-corrected chi connectivity index (χ1v) is 14.8. The Morgan fingerprint density at radius 3 is 1.83 bits per heavy atom. The zero-order chi connectivity index (χ0) is 28.0. The van der Waals surface area contributed by atoms with Gasteiger partial charge in [-0.15, -0.1) is 0 Å². The molecule has 2 atom stereocenters. The van der Waals surface area contributed by atoms with Crippen LogP contribution in [-0.4, -0.2) is 38.5 Å². The molecular formula is C31H62O5. The molecule has 0 aliphatic carbocycles. The second kappa shape index (κ2) is 31.5. The van der Waals surface area contributed by atoms with Gasteiger partial charge < -0.3 is 18.9 Å². The van der Waals surface area contributed by atoms with Crippen molar-refractivity contribution in [2.45, 2.75) is 139 Å². The molecule has 216 valence electrons. The molecular weight excluding hydrogens is 452 g/mol. The van der Waals surface area contributed by atoms with E-state index in [2.05, 4.69) is 54.7 Å². The predicted molar refractivity (Wildman–Crippen MR) is 155 cm³/mol. The lowest BCUT2D eigenvalue weighted by atomic mass is 10.0. The number of ether oxygens (including phenoxy) is 4. The molecule has 0 aliphatic rings. The van der Waals surface area contributed by atoms with Crippen molar-refractivity contribution >= 4 is 5.97 Å². The molecule has 0 aliphatic heterocycles. The van der Waals surface area contributed by atoms with Crippen LogP contribution in [0.1, 0.15) is 132 Å². The van der Waals surface area contributed by atoms with E-state index in [0.717, 1.165) is 82.3 Å². The second-order valence-corrected chi connectivity index (χ2v) is 8.90. The maximum Gasteiger partial charge on any atom is 0.305 e. The summed E-state index contributed by atoms with van der Waals surface area (Å²) in [5.74, 6) is 2.01. The van der Waals surface area contributed by atoms with Crippen LogP contribution < -0.4 is 0 Å². The largest absolute Gasteiger partial charge is 0.499 e. The van der Waals surface area contributed by atoms with Crippen molar-refractivity contribution in [3.8, 4) is 0 Å². The number of rotatable bonds is 22. The number of allylic oxidation sites excluding steroid dienone is 2. The van der Waals surface area contributed by atoms with Crippen LogP contribution in [0.2, 0.25) is 0 Å². The van der Waals surface area contributed by atoms with Crippen molar-refractivity contribution in [3.05, 3.63) is 24.7 Å². The molecule has 0 rings (SSSR count). The van der Waals surface area contributed by atoms with Crippen molar-refractivity contribution < 1.29 is 23.7 Å². The lowest BCUT2D eigenvalue weighted by molar-refractivity contribution is -0.145. The lowest BCUT2D eigenvalue weighted by Gasteiger charge is -2.18. The van der Waals surface area contributed by atoms with Crippen LogP contribution in [0.25, 0.3) is 0 Å². The molecule has 0 N–H and O–H groups in total. The van der Waals surface area contributed by atoms with Crippen molar-refractivity contribution in [2.75, 3.05) is 26.4 Å². The minimum absolute atomic E-state index is 0.0471. The van der Waals surface area contributed by atoms with Gasteiger partial charge >= 0.3 is 5.97 Å². The minimum Gasteiger partial charge on any atom is -0.499 e. The Bertz CT molecular complexity index is 489. The van der Waals surface area contributed by atoms with Crippen LogP contribution >= 0.6 is 0 Å². The van der Waals surface area contributed by atoms with E-state index in [-0.39, 0.29) is 12.1 Å². The number of esters is 1. The van der Waals surface area contributed by atoms with Crippen molar-refractivity contribution in [1.82, 2.24) is 0 Å². The Kier molecular flexibility index (Phi) is 34.2. The standard InChI is InChI=1S/C26H48O5.C3H8.C2H6/c1-7-14-24(9-3)20-31-26(27)17-11-12-19-29-25(10-4)21-30-23(6)16-13-15-22(5)28-18-8-2;1-3-2;1-2/h24-25H,5-21H2,1-4H3;3H2,1-2H3;1-2H3. The molecule has 0 spiro atoms. The SMILES string of the molecule is C=C(CCCC(=C)OCC(CC)OCCCCC(=O)OCC(CC)CCC)OCCC.CC.CCC. The normalized spacial score (nSPS) is 11.7. The van der Waals surface area contributed by atoms with Gasteiger partial charge in [-0.3, -0.25) is 4.79 Å². The summed E-state index contributed by atoms with van der Waals surface area (Å²) < 4.78 is 22.6. The highest BCUT2D eigenvalue weighted by molar-refractivity contribution is 5.69. The van der Waals surface area contributed by atoms with Crippen LogP contribution in [0.5, 0.6) is 0 Å². The molecule has 0 fully saturated rings. The summed E-state index contributed by atoms with van der Waals surface area (Å²) in [7, 11) is 0.